The predicted octanol–water partition coefficient (Wildman–Crippen LogP) is 3.90. The topological polar surface area (TPSA) is 78.5 Å². The highest BCUT2D eigenvalue weighted by molar-refractivity contribution is 6.30. The highest BCUT2D eigenvalue weighted by Gasteiger charge is 2.49. The number of hydrogen-bond acceptors (Lipinski definition) is 3. The molecule has 0 bridgehead atoms. The van der Waals surface area contributed by atoms with Crippen molar-refractivity contribution in [3.63, 3.8) is 0 Å². The lowest BCUT2D eigenvalue weighted by Crippen LogP contribution is -2.42. The van der Waals surface area contributed by atoms with Crippen LogP contribution in [0.15, 0.2) is 66.7 Å². The van der Waals surface area contributed by atoms with Crippen LogP contribution in [0.1, 0.15) is 12.5 Å². The number of halogens is 1. The third kappa shape index (κ3) is 3.43. The monoisotopic (exact) mass is 407 g/mol. The molecule has 0 radical (unpaired) electrons. The summed E-state index contributed by atoms with van der Waals surface area (Å²) in [5.74, 6) is -0.942. The van der Waals surface area contributed by atoms with Crippen LogP contribution in [-0.2, 0) is 15.1 Å². The van der Waals surface area contributed by atoms with Gasteiger partial charge in [0.2, 0.25) is 5.91 Å². The summed E-state index contributed by atoms with van der Waals surface area (Å²) in [6.45, 7) is 1.23. The van der Waals surface area contributed by atoms with E-state index >= 15 is 0 Å². The lowest BCUT2D eigenvalue weighted by molar-refractivity contribution is -0.133. The van der Waals surface area contributed by atoms with Crippen molar-refractivity contribution in [1.29, 1.82) is 0 Å². The number of nitrogens with one attached hydrogen (secondary N) is 2. The summed E-state index contributed by atoms with van der Waals surface area (Å²) in [7, 11) is 0. The first-order valence-corrected chi connectivity index (χ1v) is 9.44. The molecule has 3 aromatic carbocycles. The summed E-state index contributed by atoms with van der Waals surface area (Å²) >= 11 is 5.91. The first-order chi connectivity index (χ1) is 13.9. The molecule has 0 saturated carbocycles. The minimum absolute atomic E-state index is 0.378. The third-order valence-electron chi connectivity index (χ3n) is 5.06. The lowest BCUT2D eigenvalue weighted by Gasteiger charge is -2.22. The van der Waals surface area contributed by atoms with Gasteiger partial charge in [-0.05, 0) is 36.1 Å². The number of rotatable bonds is 4. The summed E-state index contributed by atoms with van der Waals surface area (Å²) in [6.07, 6.45) is 0. The van der Waals surface area contributed by atoms with E-state index < -0.39 is 23.4 Å². The molecular formula is C22H18ClN3O3. The molecule has 0 spiro atoms. The molecule has 1 aliphatic rings. The quantitative estimate of drug-likeness (QED) is 0.644. The molecule has 4 amide bonds. The molecule has 1 heterocycles. The van der Waals surface area contributed by atoms with Gasteiger partial charge in [0.1, 0.15) is 12.1 Å². The first-order valence-electron chi connectivity index (χ1n) is 9.06. The molecule has 29 heavy (non-hydrogen) atoms. The zero-order chi connectivity index (χ0) is 20.6. The van der Waals surface area contributed by atoms with E-state index in [1.54, 1.807) is 37.3 Å². The van der Waals surface area contributed by atoms with Crippen LogP contribution >= 0.6 is 11.6 Å². The van der Waals surface area contributed by atoms with Gasteiger partial charge in [-0.15, -0.1) is 0 Å². The molecule has 0 aromatic heterocycles. The number of benzene rings is 3. The largest absolute Gasteiger partial charge is 0.325 e. The second-order valence-electron chi connectivity index (χ2n) is 7.03. The number of urea groups is 1. The first kappa shape index (κ1) is 19.0. The molecule has 2 N–H and O–H groups in total. The fourth-order valence-electron chi connectivity index (χ4n) is 3.49. The number of amides is 4. The Morgan fingerprint density at radius 3 is 2.48 bits per heavy atom. The standard InChI is InChI=1S/C22H18ClN3O3/c1-22(15-9-11-16(23)12-10-15)20(28)26(21(29)25-22)13-19(27)24-18-8-4-6-14-5-2-3-7-17(14)18/h2-12H,13H2,1H3,(H,24,27)(H,25,29). The van der Waals surface area contributed by atoms with Gasteiger partial charge in [0, 0.05) is 16.1 Å². The van der Waals surface area contributed by atoms with Crippen molar-refractivity contribution in [2.45, 2.75) is 12.5 Å². The van der Waals surface area contributed by atoms with Crippen molar-refractivity contribution in [2.24, 2.45) is 0 Å². The van der Waals surface area contributed by atoms with Crippen LogP contribution in [0.2, 0.25) is 5.02 Å². The highest BCUT2D eigenvalue weighted by atomic mass is 35.5. The van der Waals surface area contributed by atoms with Crippen molar-refractivity contribution in [3.8, 4) is 0 Å². The van der Waals surface area contributed by atoms with E-state index in [0.29, 0.717) is 16.3 Å². The summed E-state index contributed by atoms with van der Waals surface area (Å²) in [5.41, 5.74) is -0.0284. The molecule has 3 aromatic rings. The van der Waals surface area contributed by atoms with Gasteiger partial charge in [0.25, 0.3) is 5.91 Å². The maximum atomic E-state index is 13.0. The van der Waals surface area contributed by atoms with Crippen molar-refractivity contribution < 1.29 is 14.4 Å². The van der Waals surface area contributed by atoms with Crippen molar-refractivity contribution in [3.05, 3.63) is 77.3 Å². The zero-order valence-corrected chi connectivity index (χ0v) is 16.4. The SMILES string of the molecule is CC1(c2ccc(Cl)cc2)NC(=O)N(CC(=O)Nc2cccc3ccccc23)C1=O. The zero-order valence-electron chi connectivity index (χ0n) is 15.6. The summed E-state index contributed by atoms with van der Waals surface area (Å²) in [6, 6.07) is 19.3. The van der Waals surface area contributed by atoms with Gasteiger partial charge in [0.05, 0.1) is 0 Å². The van der Waals surface area contributed by atoms with Crippen LogP contribution in [0, 0.1) is 0 Å². The normalized spacial score (nSPS) is 18.8. The fraction of sp³-hybridized carbons (Fsp3) is 0.136. The molecule has 4 rings (SSSR count). The van der Waals surface area contributed by atoms with Crippen LogP contribution in [0.3, 0.4) is 0 Å². The molecule has 1 aliphatic heterocycles. The predicted molar refractivity (Wildman–Crippen MR) is 112 cm³/mol. The number of anilines is 1. The second-order valence-corrected chi connectivity index (χ2v) is 7.46. The number of carbonyl (C=O) groups is 3. The van der Waals surface area contributed by atoms with Gasteiger partial charge in [-0.3, -0.25) is 14.5 Å². The van der Waals surface area contributed by atoms with E-state index in [9.17, 15) is 14.4 Å². The average Bonchev–Trinajstić information content (AvgIpc) is 2.92. The minimum Gasteiger partial charge on any atom is -0.324 e. The maximum Gasteiger partial charge on any atom is 0.325 e. The van der Waals surface area contributed by atoms with Gasteiger partial charge in [-0.2, -0.15) is 0 Å². The summed E-state index contributed by atoms with van der Waals surface area (Å²) < 4.78 is 0. The molecule has 6 nitrogen and oxygen atoms in total. The van der Waals surface area contributed by atoms with E-state index in [1.807, 2.05) is 36.4 Å². The molecular weight excluding hydrogens is 390 g/mol. The summed E-state index contributed by atoms with van der Waals surface area (Å²) in [5, 5.41) is 7.87. The van der Waals surface area contributed by atoms with E-state index in [0.717, 1.165) is 15.7 Å². The van der Waals surface area contributed by atoms with E-state index in [2.05, 4.69) is 10.6 Å². The molecule has 1 unspecified atom stereocenters. The molecule has 1 saturated heterocycles. The molecule has 146 valence electrons. The van der Waals surface area contributed by atoms with Gasteiger partial charge >= 0.3 is 6.03 Å². The van der Waals surface area contributed by atoms with Crippen molar-refractivity contribution in [2.75, 3.05) is 11.9 Å². The Labute approximate surface area is 172 Å². The van der Waals surface area contributed by atoms with Crippen LogP contribution < -0.4 is 10.6 Å². The number of fused-ring (bicyclic) bond motifs is 1. The Morgan fingerprint density at radius 2 is 1.72 bits per heavy atom. The smallest absolute Gasteiger partial charge is 0.324 e. The minimum atomic E-state index is -1.25. The molecule has 0 aliphatic carbocycles. The van der Waals surface area contributed by atoms with Gasteiger partial charge in [-0.25, -0.2) is 4.79 Å². The molecule has 1 atom stereocenters. The fourth-order valence-corrected chi connectivity index (χ4v) is 3.61. The van der Waals surface area contributed by atoms with Gasteiger partial charge in [0.15, 0.2) is 0 Å². The summed E-state index contributed by atoms with van der Waals surface area (Å²) in [4.78, 5) is 38.9. The van der Waals surface area contributed by atoms with Gasteiger partial charge < -0.3 is 10.6 Å². The Morgan fingerprint density at radius 1 is 1.03 bits per heavy atom. The van der Waals surface area contributed by atoms with E-state index in [4.69, 9.17) is 11.6 Å². The third-order valence-corrected chi connectivity index (χ3v) is 5.31. The Bertz CT molecular complexity index is 1120. The average molecular weight is 408 g/mol. The Kier molecular flexibility index (Phi) is 4.72. The van der Waals surface area contributed by atoms with E-state index in [-0.39, 0.29) is 6.54 Å². The van der Waals surface area contributed by atoms with Crippen molar-refractivity contribution in [1.82, 2.24) is 10.2 Å². The number of imide groups is 1. The molecule has 7 heteroatoms. The molecule has 1 fully saturated rings. The maximum absolute atomic E-state index is 13.0. The van der Waals surface area contributed by atoms with E-state index in [1.165, 1.54) is 0 Å². The number of nitrogens with zero attached hydrogens (tertiary/aromatic N) is 1. The van der Waals surface area contributed by atoms with Crippen LogP contribution in [0.5, 0.6) is 0 Å². The number of carbonyl (C=O) groups excluding carboxylic acids is 3. The second kappa shape index (κ2) is 7.22. The highest BCUT2D eigenvalue weighted by Crippen LogP contribution is 2.30. The van der Waals surface area contributed by atoms with Crippen LogP contribution in [-0.4, -0.2) is 29.3 Å². The van der Waals surface area contributed by atoms with Crippen LogP contribution in [0.25, 0.3) is 10.8 Å². The van der Waals surface area contributed by atoms with Crippen molar-refractivity contribution >= 4 is 45.9 Å². The lowest BCUT2D eigenvalue weighted by atomic mass is 9.92. The Hall–Kier alpha value is -3.38. The number of hydrogen-bond donors (Lipinski definition) is 2. The van der Waals surface area contributed by atoms with Crippen LogP contribution in [0.4, 0.5) is 10.5 Å². The Balaban J connectivity index is 1.53. The van der Waals surface area contributed by atoms with Gasteiger partial charge in [-0.1, -0.05) is 60.1 Å².